The van der Waals surface area contributed by atoms with Crippen LogP contribution >= 0.6 is 0 Å². The van der Waals surface area contributed by atoms with Crippen LogP contribution in [-0.4, -0.2) is 23.1 Å². The highest BCUT2D eigenvalue weighted by atomic mass is 16.3. The Labute approximate surface area is 117 Å². The number of benzene rings is 1. The third kappa shape index (κ3) is 1.75. The fourth-order valence-corrected chi connectivity index (χ4v) is 3.12. The van der Waals surface area contributed by atoms with Gasteiger partial charge in [-0.1, -0.05) is 19.1 Å². The van der Waals surface area contributed by atoms with E-state index in [0.717, 1.165) is 41.0 Å². The molecule has 3 heterocycles. The zero-order chi connectivity index (χ0) is 13.5. The van der Waals surface area contributed by atoms with Crippen LogP contribution in [0, 0.1) is 5.92 Å². The first-order valence-electron chi connectivity index (χ1n) is 7.20. The molecule has 1 saturated heterocycles. The SMILES string of the molecule is C[C@@H]1CCCN(c2ncnc3c2oc2ccccc23)C1. The number of para-hydroxylation sites is 1. The number of hydrogen-bond donors (Lipinski definition) is 0. The molecule has 0 spiro atoms. The first kappa shape index (κ1) is 11.7. The highest BCUT2D eigenvalue weighted by molar-refractivity contribution is 6.05. The molecule has 0 aliphatic carbocycles. The molecule has 1 aliphatic heterocycles. The first-order valence-corrected chi connectivity index (χ1v) is 7.20. The number of nitrogens with zero attached hydrogens (tertiary/aromatic N) is 3. The normalized spacial score (nSPS) is 19.9. The van der Waals surface area contributed by atoms with Crippen molar-refractivity contribution in [2.45, 2.75) is 19.8 Å². The molecule has 1 atom stereocenters. The van der Waals surface area contributed by atoms with Gasteiger partial charge in [-0.05, 0) is 30.9 Å². The van der Waals surface area contributed by atoms with Gasteiger partial charge in [0, 0.05) is 18.5 Å². The maximum Gasteiger partial charge on any atom is 0.196 e. The van der Waals surface area contributed by atoms with Crippen molar-refractivity contribution in [1.82, 2.24) is 9.97 Å². The fourth-order valence-electron chi connectivity index (χ4n) is 3.12. The standard InChI is InChI=1S/C16H17N3O/c1-11-5-4-8-19(9-11)16-15-14(17-10-18-16)12-6-2-3-7-13(12)20-15/h2-3,6-7,10-11H,4-5,8-9H2,1H3/t11-/m1/s1. The Bertz CT molecular complexity index is 765. The maximum atomic E-state index is 6.01. The first-order chi connectivity index (χ1) is 9.83. The van der Waals surface area contributed by atoms with Crippen LogP contribution in [0.4, 0.5) is 5.82 Å². The Kier molecular flexibility index (Phi) is 2.62. The summed E-state index contributed by atoms with van der Waals surface area (Å²) in [5, 5.41) is 1.07. The number of rotatable bonds is 1. The van der Waals surface area contributed by atoms with E-state index in [2.05, 4.69) is 27.9 Å². The Morgan fingerprint density at radius 1 is 1.25 bits per heavy atom. The van der Waals surface area contributed by atoms with E-state index in [-0.39, 0.29) is 0 Å². The molecule has 0 amide bonds. The van der Waals surface area contributed by atoms with Crippen LogP contribution in [0.1, 0.15) is 19.8 Å². The van der Waals surface area contributed by atoms with Crippen molar-refractivity contribution < 1.29 is 4.42 Å². The highest BCUT2D eigenvalue weighted by Crippen LogP contribution is 2.33. The summed E-state index contributed by atoms with van der Waals surface area (Å²) in [4.78, 5) is 11.2. The molecule has 1 aliphatic rings. The maximum absolute atomic E-state index is 6.01. The molecule has 0 radical (unpaired) electrons. The smallest absolute Gasteiger partial charge is 0.196 e. The Morgan fingerprint density at radius 2 is 2.15 bits per heavy atom. The molecule has 4 nitrogen and oxygen atoms in total. The number of fused-ring (bicyclic) bond motifs is 3. The van der Waals surface area contributed by atoms with Gasteiger partial charge in [-0.15, -0.1) is 0 Å². The number of hydrogen-bond acceptors (Lipinski definition) is 4. The van der Waals surface area contributed by atoms with Gasteiger partial charge < -0.3 is 9.32 Å². The summed E-state index contributed by atoms with van der Waals surface area (Å²) in [5.74, 6) is 1.65. The lowest BCUT2D eigenvalue weighted by atomic mass is 10.0. The number of furan rings is 1. The Hall–Kier alpha value is -2.10. The minimum Gasteiger partial charge on any atom is -0.450 e. The van der Waals surface area contributed by atoms with Gasteiger partial charge in [0.25, 0.3) is 0 Å². The zero-order valence-corrected chi connectivity index (χ0v) is 11.5. The summed E-state index contributed by atoms with van der Waals surface area (Å²) in [6.45, 7) is 4.39. The van der Waals surface area contributed by atoms with E-state index in [9.17, 15) is 0 Å². The van der Waals surface area contributed by atoms with E-state index in [1.807, 2.05) is 18.2 Å². The average molecular weight is 267 g/mol. The fraction of sp³-hybridized carbons (Fsp3) is 0.375. The molecule has 3 aromatic rings. The van der Waals surface area contributed by atoms with Crippen molar-refractivity contribution >= 4 is 27.9 Å². The zero-order valence-electron chi connectivity index (χ0n) is 11.5. The van der Waals surface area contributed by atoms with Crippen molar-refractivity contribution in [3.63, 3.8) is 0 Å². The van der Waals surface area contributed by atoms with Crippen LogP contribution < -0.4 is 4.90 Å². The molecule has 20 heavy (non-hydrogen) atoms. The summed E-state index contributed by atoms with van der Waals surface area (Å²) < 4.78 is 6.01. The number of aromatic nitrogens is 2. The van der Waals surface area contributed by atoms with Crippen LogP contribution in [0.3, 0.4) is 0 Å². The molecule has 2 aromatic heterocycles. The Morgan fingerprint density at radius 3 is 3.05 bits per heavy atom. The van der Waals surface area contributed by atoms with Crippen molar-refractivity contribution in [3.8, 4) is 0 Å². The molecule has 0 N–H and O–H groups in total. The largest absolute Gasteiger partial charge is 0.450 e. The van der Waals surface area contributed by atoms with E-state index in [0.29, 0.717) is 5.92 Å². The summed E-state index contributed by atoms with van der Waals surface area (Å²) in [6.07, 6.45) is 4.16. The highest BCUT2D eigenvalue weighted by Gasteiger charge is 2.22. The van der Waals surface area contributed by atoms with Crippen LogP contribution in [0.15, 0.2) is 35.0 Å². The van der Waals surface area contributed by atoms with Crippen LogP contribution in [0.5, 0.6) is 0 Å². The van der Waals surface area contributed by atoms with E-state index in [1.54, 1.807) is 6.33 Å². The van der Waals surface area contributed by atoms with Gasteiger partial charge in [0.2, 0.25) is 0 Å². The third-order valence-corrected chi connectivity index (χ3v) is 4.10. The topological polar surface area (TPSA) is 42.2 Å². The predicted molar refractivity (Wildman–Crippen MR) is 79.9 cm³/mol. The molecular formula is C16H17N3O. The molecule has 0 bridgehead atoms. The lowest BCUT2D eigenvalue weighted by Gasteiger charge is -2.31. The molecular weight excluding hydrogens is 250 g/mol. The van der Waals surface area contributed by atoms with Gasteiger partial charge in [0.1, 0.15) is 17.4 Å². The van der Waals surface area contributed by atoms with Gasteiger partial charge in [-0.2, -0.15) is 0 Å². The van der Waals surface area contributed by atoms with Gasteiger partial charge in [0.15, 0.2) is 11.4 Å². The minimum absolute atomic E-state index is 0.707. The van der Waals surface area contributed by atoms with E-state index < -0.39 is 0 Å². The Balaban J connectivity index is 1.91. The summed E-state index contributed by atoms with van der Waals surface area (Å²) in [6, 6.07) is 8.04. The second-order valence-corrected chi connectivity index (χ2v) is 5.67. The van der Waals surface area contributed by atoms with Crippen LogP contribution in [-0.2, 0) is 0 Å². The van der Waals surface area contributed by atoms with Gasteiger partial charge in [-0.3, -0.25) is 0 Å². The number of piperidine rings is 1. The molecule has 102 valence electrons. The second-order valence-electron chi connectivity index (χ2n) is 5.67. The summed E-state index contributed by atoms with van der Waals surface area (Å²) in [7, 11) is 0. The average Bonchev–Trinajstić information content (AvgIpc) is 2.86. The lowest BCUT2D eigenvalue weighted by molar-refractivity contribution is 0.444. The lowest BCUT2D eigenvalue weighted by Crippen LogP contribution is -2.34. The molecule has 0 saturated carbocycles. The van der Waals surface area contributed by atoms with Crippen molar-refractivity contribution in [2.75, 3.05) is 18.0 Å². The third-order valence-electron chi connectivity index (χ3n) is 4.10. The molecule has 4 heteroatoms. The monoisotopic (exact) mass is 267 g/mol. The van der Waals surface area contributed by atoms with Crippen molar-refractivity contribution in [1.29, 1.82) is 0 Å². The molecule has 1 aromatic carbocycles. The van der Waals surface area contributed by atoms with Crippen molar-refractivity contribution in [3.05, 3.63) is 30.6 Å². The summed E-state index contributed by atoms with van der Waals surface area (Å²) >= 11 is 0. The molecule has 0 unspecified atom stereocenters. The molecule has 1 fully saturated rings. The second kappa shape index (κ2) is 4.47. The van der Waals surface area contributed by atoms with E-state index >= 15 is 0 Å². The number of anilines is 1. The minimum atomic E-state index is 0.707. The summed E-state index contributed by atoms with van der Waals surface area (Å²) in [5.41, 5.74) is 2.63. The van der Waals surface area contributed by atoms with Gasteiger partial charge >= 0.3 is 0 Å². The van der Waals surface area contributed by atoms with Crippen molar-refractivity contribution in [2.24, 2.45) is 5.92 Å². The molecule has 4 rings (SSSR count). The van der Waals surface area contributed by atoms with Crippen LogP contribution in [0.2, 0.25) is 0 Å². The van der Waals surface area contributed by atoms with E-state index in [4.69, 9.17) is 4.42 Å². The predicted octanol–water partition coefficient (Wildman–Crippen LogP) is 3.61. The van der Waals surface area contributed by atoms with Gasteiger partial charge in [0.05, 0.1) is 0 Å². The van der Waals surface area contributed by atoms with Crippen LogP contribution in [0.25, 0.3) is 22.1 Å². The van der Waals surface area contributed by atoms with Gasteiger partial charge in [-0.25, -0.2) is 9.97 Å². The quantitative estimate of drug-likeness (QED) is 0.675. The van der Waals surface area contributed by atoms with E-state index in [1.165, 1.54) is 12.8 Å².